The summed E-state index contributed by atoms with van der Waals surface area (Å²) in [7, 11) is 0. The number of aromatic nitrogens is 3. The number of hydrogen-bond donors (Lipinski definition) is 3. The highest BCUT2D eigenvalue weighted by Gasteiger charge is 2.61. The topological polar surface area (TPSA) is 156 Å². The number of carbonyl (C=O) groups is 4. The molecule has 43 heavy (non-hydrogen) atoms. The van der Waals surface area contributed by atoms with Crippen LogP contribution in [0.15, 0.2) is 12.2 Å². The maximum Gasteiger partial charge on any atom is 0.408 e. The van der Waals surface area contributed by atoms with E-state index in [4.69, 9.17) is 14.9 Å². The van der Waals surface area contributed by atoms with Crippen LogP contribution in [-0.4, -0.2) is 78.6 Å². The number of alkyl carbamates (subject to hydrolysis) is 1. The third kappa shape index (κ3) is 7.75. The van der Waals surface area contributed by atoms with Gasteiger partial charge in [-0.2, -0.15) is 15.0 Å². The molecule has 3 amide bonds. The van der Waals surface area contributed by atoms with Crippen LogP contribution >= 0.6 is 0 Å². The highest BCUT2D eigenvalue weighted by atomic mass is 16.6. The molecular formula is C31H48N6O6. The molecule has 3 heterocycles. The molecule has 1 aromatic rings. The van der Waals surface area contributed by atoms with Crippen LogP contribution in [0, 0.1) is 5.92 Å². The van der Waals surface area contributed by atoms with E-state index in [1.807, 2.05) is 12.2 Å². The van der Waals surface area contributed by atoms with Gasteiger partial charge in [0.15, 0.2) is 0 Å². The molecule has 4 rings (SSSR count). The molecule has 3 aliphatic rings. The Labute approximate surface area is 254 Å². The van der Waals surface area contributed by atoms with E-state index in [0.29, 0.717) is 19.3 Å². The van der Waals surface area contributed by atoms with Crippen LogP contribution in [0.5, 0.6) is 0 Å². The lowest BCUT2D eigenvalue weighted by molar-refractivity contribution is -0.145. The van der Waals surface area contributed by atoms with Crippen LogP contribution < -0.4 is 10.6 Å². The summed E-state index contributed by atoms with van der Waals surface area (Å²) in [5.41, 5.74) is -0.288. The van der Waals surface area contributed by atoms with E-state index in [1.54, 1.807) is 25.6 Å². The van der Waals surface area contributed by atoms with Crippen LogP contribution in [0.3, 0.4) is 0 Å². The van der Waals surface area contributed by atoms with E-state index in [-0.39, 0.29) is 24.9 Å². The number of fused-ring (bicyclic) bond motifs is 2. The number of allylic oxidation sites excluding steroid dienone is 1. The predicted molar refractivity (Wildman–Crippen MR) is 159 cm³/mol. The van der Waals surface area contributed by atoms with Gasteiger partial charge in [0.1, 0.15) is 23.2 Å². The number of amides is 3. The first-order chi connectivity index (χ1) is 20.4. The molecule has 0 spiro atoms. The van der Waals surface area contributed by atoms with E-state index in [1.165, 1.54) is 4.90 Å². The summed E-state index contributed by atoms with van der Waals surface area (Å²) in [6.07, 6.45) is 10.7. The van der Waals surface area contributed by atoms with Crippen molar-refractivity contribution in [1.29, 1.82) is 0 Å². The molecular weight excluding hydrogens is 552 g/mol. The zero-order valence-corrected chi connectivity index (χ0v) is 26.2. The largest absolute Gasteiger partial charge is 0.479 e. The monoisotopic (exact) mass is 600 g/mol. The van der Waals surface area contributed by atoms with Crippen molar-refractivity contribution in [3.05, 3.63) is 23.5 Å². The molecule has 1 aliphatic carbocycles. The van der Waals surface area contributed by atoms with Crippen molar-refractivity contribution in [2.24, 2.45) is 5.92 Å². The highest BCUT2D eigenvalue weighted by molar-refractivity contribution is 5.96. The van der Waals surface area contributed by atoms with Crippen molar-refractivity contribution in [3.8, 4) is 0 Å². The molecule has 2 fully saturated rings. The number of hydrogen-bond acceptors (Lipinski definition) is 7. The number of ether oxygens (including phenoxy) is 1. The molecule has 238 valence electrons. The van der Waals surface area contributed by atoms with Crippen LogP contribution in [0.2, 0.25) is 0 Å². The highest BCUT2D eigenvalue weighted by Crippen LogP contribution is 2.45. The molecule has 2 aliphatic heterocycles. The number of carbonyl (C=O) groups excluding carboxylic acids is 3. The van der Waals surface area contributed by atoms with E-state index in [9.17, 15) is 24.3 Å². The van der Waals surface area contributed by atoms with E-state index >= 15 is 0 Å². The maximum atomic E-state index is 14.2. The quantitative estimate of drug-likeness (QED) is 0.400. The molecule has 5 atom stereocenters. The standard InChI is InChI=1S/C31H48N6O6/c1-6-13-22-23(14-7-2)35-37(34-22)21-17-25-26(38)33-31(28(40)41)18-20(31)15-11-9-8-10-12-16-24(27(39)36(25)19-21)32-29(42)43-30(3,4)5/h11,15,20-21,24-25H,6-10,12-14,16-19H2,1-5H3,(H,32,42)(H,33,38)(H,40,41)/b15-11-/t20-,21+,24+,25+,31-/m1/s1. The number of nitrogens with zero attached hydrogens (tertiary/aromatic N) is 4. The van der Waals surface area contributed by atoms with Crippen molar-refractivity contribution in [1.82, 2.24) is 30.5 Å². The van der Waals surface area contributed by atoms with Gasteiger partial charge in [-0.25, -0.2) is 9.59 Å². The van der Waals surface area contributed by atoms with Crippen molar-refractivity contribution in [2.75, 3.05) is 6.54 Å². The minimum absolute atomic E-state index is 0.165. The first-order valence-corrected chi connectivity index (χ1v) is 15.8. The third-order valence-corrected chi connectivity index (χ3v) is 8.41. The average molecular weight is 601 g/mol. The van der Waals surface area contributed by atoms with Gasteiger partial charge in [0, 0.05) is 18.9 Å². The van der Waals surface area contributed by atoms with Crippen molar-refractivity contribution in [2.45, 2.75) is 135 Å². The minimum Gasteiger partial charge on any atom is -0.479 e. The number of rotatable bonds is 7. The lowest BCUT2D eigenvalue weighted by Gasteiger charge is -2.30. The summed E-state index contributed by atoms with van der Waals surface area (Å²) >= 11 is 0. The first kappa shape index (κ1) is 32.5. The van der Waals surface area contributed by atoms with Gasteiger partial charge in [-0.15, -0.1) is 0 Å². The summed E-state index contributed by atoms with van der Waals surface area (Å²) in [6.45, 7) is 9.59. The first-order valence-electron chi connectivity index (χ1n) is 15.8. The number of nitrogens with one attached hydrogen (secondary N) is 2. The Morgan fingerprint density at radius 3 is 2.40 bits per heavy atom. The Kier molecular flexibility index (Phi) is 10.2. The second-order valence-electron chi connectivity index (χ2n) is 13.2. The zero-order valence-electron chi connectivity index (χ0n) is 26.2. The summed E-state index contributed by atoms with van der Waals surface area (Å²) in [5.74, 6) is -2.30. The van der Waals surface area contributed by atoms with Crippen molar-refractivity contribution in [3.63, 3.8) is 0 Å². The Balaban J connectivity index is 1.66. The van der Waals surface area contributed by atoms with E-state index in [2.05, 4.69) is 24.5 Å². The van der Waals surface area contributed by atoms with Gasteiger partial charge >= 0.3 is 12.1 Å². The number of aliphatic carboxylic acids is 1. The van der Waals surface area contributed by atoms with Crippen LogP contribution in [0.4, 0.5) is 4.79 Å². The molecule has 0 radical (unpaired) electrons. The number of carboxylic acid groups (broad SMARTS) is 1. The van der Waals surface area contributed by atoms with Crippen LogP contribution in [0.1, 0.15) is 110 Å². The second kappa shape index (κ2) is 13.5. The smallest absolute Gasteiger partial charge is 0.408 e. The Morgan fingerprint density at radius 2 is 1.79 bits per heavy atom. The summed E-state index contributed by atoms with van der Waals surface area (Å²) < 4.78 is 5.46. The van der Waals surface area contributed by atoms with Crippen molar-refractivity contribution >= 4 is 23.9 Å². The normalized spacial score (nSPS) is 29.0. The van der Waals surface area contributed by atoms with Gasteiger partial charge in [0.25, 0.3) is 0 Å². The second-order valence-corrected chi connectivity index (χ2v) is 13.2. The van der Waals surface area contributed by atoms with E-state index in [0.717, 1.165) is 56.3 Å². The maximum absolute atomic E-state index is 14.2. The predicted octanol–water partition coefficient (Wildman–Crippen LogP) is 3.70. The molecule has 0 bridgehead atoms. The van der Waals surface area contributed by atoms with E-state index < -0.39 is 47.1 Å². The average Bonchev–Trinajstić information content (AvgIpc) is 3.24. The Hall–Kier alpha value is -3.44. The minimum atomic E-state index is -1.39. The van der Waals surface area contributed by atoms with Gasteiger partial charge in [-0.3, -0.25) is 9.59 Å². The molecule has 12 heteroatoms. The lowest BCUT2D eigenvalue weighted by atomic mass is 10.0. The summed E-state index contributed by atoms with van der Waals surface area (Å²) in [5, 5.41) is 25.2. The van der Waals surface area contributed by atoms with Gasteiger partial charge in [-0.1, -0.05) is 51.7 Å². The molecule has 1 saturated heterocycles. The fourth-order valence-electron chi connectivity index (χ4n) is 6.11. The molecule has 0 unspecified atom stereocenters. The third-order valence-electron chi connectivity index (χ3n) is 8.41. The fraction of sp³-hybridized carbons (Fsp3) is 0.742. The number of aryl methyl sites for hydroxylation is 2. The molecule has 12 nitrogen and oxygen atoms in total. The lowest BCUT2D eigenvalue weighted by Crippen LogP contribution is -2.56. The van der Waals surface area contributed by atoms with Crippen molar-refractivity contribution < 1.29 is 29.0 Å². The zero-order chi connectivity index (χ0) is 31.4. The molecule has 3 N–H and O–H groups in total. The van der Waals surface area contributed by atoms with Gasteiger partial charge in [0.2, 0.25) is 11.8 Å². The van der Waals surface area contributed by atoms with Gasteiger partial charge in [0.05, 0.1) is 17.4 Å². The number of carboxylic acids is 1. The molecule has 1 saturated carbocycles. The van der Waals surface area contributed by atoms with Gasteiger partial charge in [-0.05, 0) is 59.3 Å². The van der Waals surface area contributed by atoms with Gasteiger partial charge < -0.3 is 25.4 Å². The fourth-order valence-corrected chi connectivity index (χ4v) is 6.11. The SMILES string of the molecule is CCCc1nn([C@H]2C[C@H]3C(=O)N[C@]4(C(=O)O)C[C@H]4/C=C\CCCCC[C@H](NC(=O)OC(C)(C)C)C(=O)N3C2)nc1CCC. The van der Waals surface area contributed by atoms with Crippen LogP contribution in [0.25, 0.3) is 0 Å². The Bertz CT molecular complexity index is 1200. The van der Waals surface area contributed by atoms with Crippen LogP contribution in [-0.2, 0) is 32.0 Å². The summed E-state index contributed by atoms with van der Waals surface area (Å²) in [4.78, 5) is 56.2. The Morgan fingerprint density at radius 1 is 1.12 bits per heavy atom. The molecule has 0 aromatic carbocycles. The molecule has 1 aromatic heterocycles. The summed E-state index contributed by atoms with van der Waals surface area (Å²) in [6, 6.07) is -2.22.